The summed E-state index contributed by atoms with van der Waals surface area (Å²) in [4.78, 5) is 26.1. The van der Waals surface area contributed by atoms with Gasteiger partial charge in [-0.05, 0) is 85.2 Å². The topological polar surface area (TPSA) is 91.5 Å². The maximum absolute atomic E-state index is 13.1. The van der Waals surface area contributed by atoms with Crippen molar-refractivity contribution in [2.75, 3.05) is 22.6 Å². The van der Waals surface area contributed by atoms with E-state index in [0.717, 1.165) is 17.8 Å². The van der Waals surface area contributed by atoms with E-state index >= 15 is 0 Å². The van der Waals surface area contributed by atoms with Gasteiger partial charge in [0.2, 0.25) is 0 Å². The van der Waals surface area contributed by atoms with Crippen molar-refractivity contribution < 1.29 is 14.3 Å². The molecule has 0 aromatic heterocycles. The van der Waals surface area contributed by atoms with Crippen LogP contribution in [0.25, 0.3) is 0 Å². The minimum atomic E-state index is -0.399. The molecule has 0 heterocycles. The Hall–Kier alpha value is -4.69. The summed E-state index contributed by atoms with van der Waals surface area (Å²) >= 11 is 5.40. The fraction of sp³-hybridized carbons (Fsp3) is 0.156. The Morgan fingerprint density at radius 3 is 2.02 bits per heavy atom. The van der Waals surface area contributed by atoms with Crippen LogP contribution in [0.5, 0.6) is 5.75 Å². The van der Waals surface area contributed by atoms with Gasteiger partial charge in [-0.2, -0.15) is 0 Å². The van der Waals surface area contributed by atoms with Gasteiger partial charge < -0.3 is 20.7 Å². The number of amides is 2. The molecule has 4 N–H and O–H groups in total. The Kier molecular flexibility index (Phi) is 9.85. The van der Waals surface area contributed by atoms with Crippen molar-refractivity contribution in [3.05, 3.63) is 114 Å². The van der Waals surface area contributed by atoms with Crippen molar-refractivity contribution >= 4 is 51.9 Å². The average Bonchev–Trinajstić information content (AvgIpc) is 2.95. The molecule has 0 unspecified atom stereocenters. The van der Waals surface area contributed by atoms with E-state index < -0.39 is 5.91 Å². The van der Waals surface area contributed by atoms with Gasteiger partial charge in [0.15, 0.2) is 5.11 Å². The third-order valence-corrected chi connectivity index (χ3v) is 6.14. The first kappa shape index (κ1) is 28.3. The Bertz CT molecular complexity index is 1460. The number of ether oxygens (including phenoxy) is 1. The van der Waals surface area contributed by atoms with Crippen LogP contribution in [0, 0.1) is 5.92 Å². The number of rotatable bonds is 10. The molecule has 0 radical (unpaired) electrons. The first-order valence-corrected chi connectivity index (χ1v) is 13.5. The molecule has 0 aliphatic carbocycles. The van der Waals surface area contributed by atoms with Gasteiger partial charge in [-0.3, -0.25) is 14.9 Å². The minimum absolute atomic E-state index is 0.0681. The van der Waals surface area contributed by atoms with Crippen molar-refractivity contribution in [3.63, 3.8) is 0 Å². The van der Waals surface area contributed by atoms with Crippen LogP contribution in [0.15, 0.2) is 103 Å². The number of hydrogen-bond acceptors (Lipinski definition) is 5. The van der Waals surface area contributed by atoms with Crippen LogP contribution in [0.2, 0.25) is 0 Å². The number of nitrogens with one attached hydrogen (secondary N) is 4. The number of benzene rings is 4. The van der Waals surface area contributed by atoms with Gasteiger partial charge in [-0.15, -0.1) is 0 Å². The zero-order valence-corrected chi connectivity index (χ0v) is 23.3. The smallest absolute Gasteiger partial charge is 0.261 e. The summed E-state index contributed by atoms with van der Waals surface area (Å²) < 4.78 is 5.83. The Labute approximate surface area is 240 Å². The quantitative estimate of drug-likeness (QED) is 0.155. The van der Waals surface area contributed by atoms with E-state index in [1.807, 2.05) is 60.7 Å². The standard InChI is InChI=1S/C32H32N4O3S/c1-22(2)20-21-39-29-15-9-7-13-27(29)31(38)36-32(40)35-28-14-8-6-12-26(28)30(37)34-25-18-16-24(17-19-25)33-23-10-4-3-5-11-23/h3-19,22,33H,20-21H2,1-2H3,(H,34,37)(H2,35,36,38,40). The van der Waals surface area contributed by atoms with E-state index in [2.05, 4.69) is 35.1 Å². The third-order valence-electron chi connectivity index (χ3n) is 5.94. The van der Waals surface area contributed by atoms with Crippen LogP contribution >= 0.6 is 12.2 Å². The first-order chi connectivity index (χ1) is 19.4. The van der Waals surface area contributed by atoms with E-state index in [1.54, 1.807) is 42.5 Å². The summed E-state index contributed by atoms with van der Waals surface area (Å²) in [6.45, 7) is 4.74. The monoisotopic (exact) mass is 552 g/mol. The van der Waals surface area contributed by atoms with Crippen molar-refractivity contribution in [3.8, 4) is 5.75 Å². The van der Waals surface area contributed by atoms with E-state index in [-0.39, 0.29) is 11.0 Å². The highest BCUT2D eigenvalue weighted by Crippen LogP contribution is 2.22. The average molecular weight is 553 g/mol. The molecule has 40 heavy (non-hydrogen) atoms. The van der Waals surface area contributed by atoms with Crippen molar-refractivity contribution in [1.82, 2.24) is 5.32 Å². The Balaban J connectivity index is 1.37. The van der Waals surface area contributed by atoms with Gasteiger partial charge in [-0.25, -0.2) is 0 Å². The summed E-state index contributed by atoms with van der Waals surface area (Å²) in [5, 5.41) is 12.0. The fourth-order valence-corrected chi connectivity index (χ4v) is 4.02. The van der Waals surface area contributed by atoms with Gasteiger partial charge in [0, 0.05) is 17.1 Å². The predicted molar refractivity (Wildman–Crippen MR) is 166 cm³/mol. The molecule has 7 nitrogen and oxygen atoms in total. The van der Waals surface area contributed by atoms with Gasteiger partial charge in [0.05, 0.1) is 23.4 Å². The molecule has 0 saturated carbocycles. The number of carbonyl (C=O) groups is 2. The van der Waals surface area contributed by atoms with Crippen LogP contribution in [-0.2, 0) is 0 Å². The second-order valence-corrected chi connectivity index (χ2v) is 9.91. The molecule has 0 bridgehead atoms. The first-order valence-electron chi connectivity index (χ1n) is 13.1. The second kappa shape index (κ2) is 13.9. The van der Waals surface area contributed by atoms with Crippen molar-refractivity contribution in [2.45, 2.75) is 20.3 Å². The number of anilines is 4. The van der Waals surface area contributed by atoms with E-state index in [9.17, 15) is 9.59 Å². The molecule has 4 aromatic rings. The summed E-state index contributed by atoms with van der Waals surface area (Å²) in [5.41, 5.74) is 3.75. The van der Waals surface area contributed by atoms with Crippen LogP contribution < -0.4 is 26.0 Å². The molecule has 0 atom stereocenters. The summed E-state index contributed by atoms with van der Waals surface area (Å²) in [5.74, 6) is 0.271. The highest BCUT2D eigenvalue weighted by Gasteiger charge is 2.16. The molecule has 204 valence electrons. The number of hydrogen-bond donors (Lipinski definition) is 4. The zero-order valence-electron chi connectivity index (χ0n) is 22.4. The van der Waals surface area contributed by atoms with Crippen LogP contribution in [0.4, 0.5) is 22.7 Å². The summed E-state index contributed by atoms with van der Waals surface area (Å²) in [6, 6.07) is 31.3. The number of carbonyl (C=O) groups excluding carboxylic acids is 2. The molecule has 4 rings (SSSR count). The molecule has 4 aromatic carbocycles. The molecule has 0 spiro atoms. The lowest BCUT2D eigenvalue weighted by atomic mass is 10.1. The van der Waals surface area contributed by atoms with E-state index in [0.29, 0.717) is 40.8 Å². The maximum Gasteiger partial charge on any atom is 0.261 e. The van der Waals surface area contributed by atoms with Gasteiger partial charge >= 0.3 is 0 Å². The van der Waals surface area contributed by atoms with Gasteiger partial charge in [0.25, 0.3) is 11.8 Å². The van der Waals surface area contributed by atoms with Gasteiger partial charge in [-0.1, -0.05) is 56.3 Å². The molecule has 0 aliphatic rings. The van der Waals surface area contributed by atoms with E-state index in [1.165, 1.54) is 0 Å². The Morgan fingerprint density at radius 1 is 0.700 bits per heavy atom. The highest BCUT2D eigenvalue weighted by molar-refractivity contribution is 7.80. The van der Waals surface area contributed by atoms with Crippen molar-refractivity contribution in [1.29, 1.82) is 0 Å². The lowest BCUT2D eigenvalue weighted by Gasteiger charge is -2.15. The van der Waals surface area contributed by atoms with E-state index in [4.69, 9.17) is 17.0 Å². The van der Waals surface area contributed by atoms with Crippen LogP contribution in [-0.4, -0.2) is 23.5 Å². The molecule has 2 amide bonds. The molecular formula is C32H32N4O3S. The number of para-hydroxylation sites is 3. The largest absolute Gasteiger partial charge is 0.493 e. The molecular weight excluding hydrogens is 520 g/mol. The van der Waals surface area contributed by atoms with Crippen molar-refractivity contribution in [2.24, 2.45) is 5.92 Å². The number of thiocarbonyl (C=S) groups is 1. The summed E-state index contributed by atoms with van der Waals surface area (Å²) in [6.07, 6.45) is 0.878. The SMILES string of the molecule is CC(C)CCOc1ccccc1C(=O)NC(=S)Nc1ccccc1C(=O)Nc1ccc(Nc2ccccc2)cc1. The molecule has 8 heteroatoms. The lowest BCUT2D eigenvalue weighted by Crippen LogP contribution is -2.35. The zero-order chi connectivity index (χ0) is 28.3. The molecule has 0 saturated heterocycles. The molecule has 0 fully saturated rings. The lowest BCUT2D eigenvalue weighted by molar-refractivity contribution is 0.0972. The normalized spacial score (nSPS) is 10.5. The van der Waals surface area contributed by atoms with Crippen LogP contribution in [0.1, 0.15) is 41.0 Å². The molecule has 0 aliphatic heterocycles. The fourth-order valence-electron chi connectivity index (χ4n) is 3.82. The Morgan fingerprint density at radius 2 is 1.30 bits per heavy atom. The predicted octanol–water partition coefficient (Wildman–Crippen LogP) is 7.23. The third kappa shape index (κ3) is 8.15. The van der Waals surface area contributed by atoms with Crippen LogP contribution in [0.3, 0.4) is 0 Å². The highest BCUT2D eigenvalue weighted by atomic mass is 32.1. The maximum atomic E-state index is 13.1. The van der Waals surface area contributed by atoms with Gasteiger partial charge in [0.1, 0.15) is 5.75 Å². The minimum Gasteiger partial charge on any atom is -0.493 e. The summed E-state index contributed by atoms with van der Waals surface area (Å²) in [7, 11) is 0. The second-order valence-electron chi connectivity index (χ2n) is 9.50.